The summed E-state index contributed by atoms with van der Waals surface area (Å²) in [5, 5.41) is 0. The Labute approximate surface area is 80.4 Å². The number of hydrogen-bond donors (Lipinski definition) is 0. The summed E-state index contributed by atoms with van der Waals surface area (Å²) in [4.78, 5) is 22.0. The minimum Gasteiger partial charge on any atom is -0.429 e. The number of carbonyl (C=O) groups is 2. The van der Waals surface area contributed by atoms with E-state index in [1.54, 1.807) is 18.2 Å². The molecule has 2 rings (SSSR count). The van der Waals surface area contributed by atoms with E-state index in [0.29, 0.717) is 16.9 Å². The Hall–Kier alpha value is -1.84. The van der Waals surface area contributed by atoms with E-state index in [1.165, 1.54) is 6.92 Å². The third-order valence-electron chi connectivity index (χ3n) is 2.04. The van der Waals surface area contributed by atoms with Crippen molar-refractivity contribution < 1.29 is 19.1 Å². The molecule has 0 N–H and O–H groups in total. The first kappa shape index (κ1) is 8.74. The molecule has 4 heteroatoms. The van der Waals surface area contributed by atoms with Crippen molar-refractivity contribution in [3.8, 4) is 5.75 Å². The van der Waals surface area contributed by atoms with Gasteiger partial charge in [0.2, 0.25) is 0 Å². The fraction of sp³-hybridized carbons (Fsp3) is 0.200. The number of benzene rings is 1. The largest absolute Gasteiger partial charge is 0.514 e. The molecular formula is C10H8O4. The molecular weight excluding hydrogens is 184 g/mol. The Bertz CT molecular complexity index is 409. The van der Waals surface area contributed by atoms with E-state index in [4.69, 9.17) is 4.74 Å². The van der Waals surface area contributed by atoms with Crippen molar-refractivity contribution in [3.05, 3.63) is 29.3 Å². The Morgan fingerprint density at radius 3 is 2.93 bits per heavy atom. The summed E-state index contributed by atoms with van der Waals surface area (Å²) in [5.74, 6) is 0.345. The molecule has 0 radical (unpaired) electrons. The van der Waals surface area contributed by atoms with Gasteiger partial charge in [0.25, 0.3) is 0 Å². The number of ether oxygens (including phenoxy) is 2. The van der Waals surface area contributed by atoms with Gasteiger partial charge in [0.1, 0.15) is 12.4 Å². The van der Waals surface area contributed by atoms with Crippen molar-refractivity contribution in [2.24, 2.45) is 0 Å². The average Bonchev–Trinajstić information content (AvgIpc) is 2.16. The molecule has 0 aliphatic carbocycles. The Kier molecular flexibility index (Phi) is 1.96. The fourth-order valence-electron chi connectivity index (χ4n) is 1.39. The third-order valence-corrected chi connectivity index (χ3v) is 2.04. The summed E-state index contributed by atoms with van der Waals surface area (Å²) in [5.41, 5.74) is 1.18. The molecule has 1 heterocycles. The summed E-state index contributed by atoms with van der Waals surface area (Å²) in [6.07, 6.45) is -0.724. The summed E-state index contributed by atoms with van der Waals surface area (Å²) < 4.78 is 9.49. The van der Waals surface area contributed by atoms with Crippen molar-refractivity contribution in [1.82, 2.24) is 0 Å². The van der Waals surface area contributed by atoms with Crippen LogP contribution in [0.25, 0.3) is 0 Å². The van der Waals surface area contributed by atoms with Gasteiger partial charge in [0.15, 0.2) is 5.78 Å². The zero-order valence-electron chi connectivity index (χ0n) is 7.57. The first-order valence-corrected chi connectivity index (χ1v) is 4.16. The molecule has 1 aliphatic heterocycles. The van der Waals surface area contributed by atoms with E-state index >= 15 is 0 Å². The minimum atomic E-state index is -0.724. The molecule has 0 spiro atoms. The number of hydrogen-bond acceptors (Lipinski definition) is 4. The van der Waals surface area contributed by atoms with Crippen LogP contribution in [0, 0.1) is 0 Å². The lowest BCUT2D eigenvalue weighted by Crippen LogP contribution is -2.19. The zero-order chi connectivity index (χ0) is 10.1. The van der Waals surface area contributed by atoms with Crippen LogP contribution in [-0.2, 0) is 11.3 Å². The molecule has 1 aromatic rings. The number of Topliss-reactive ketones (excluding diaryl/α,β-unsaturated/α-hetero) is 1. The van der Waals surface area contributed by atoms with Gasteiger partial charge in [-0.25, -0.2) is 4.79 Å². The second-order valence-corrected chi connectivity index (χ2v) is 2.98. The Balaban J connectivity index is 2.52. The Morgan fingerprint density at radius 1 is 1.43 bits per heavy atom. The van der Waals surface area contributed by atoms with E-state index in [-0.39, 0.29) is 12.4 Å². The molecule has 0 amide bonds. The van der Waals surface area contributed by atoms with Crippen LogP contribution < -0.4 is 4.74 Å². The average molecular weight is 192 g/mol. The van der Waals surface area contributed by atoms with Gasteiger partial charge in [-0.1, -0.05) is 12.1 Å². The summed E-state index contributed by atoms with van der Waals surface area (Å²) in [6.45, 7) is 1.57. The van der Waals surface area contributed by atoms with Crippen molar-refractivity contribution in [2.75, 3.05) is 0 Å². The van der Waals surface area contributed by atoms with Crippen molar-refractivity contribution in [2.45, 2.75) is 13.5 Å². The first-order chi connectivity index (χ1) is 6.68. The van der Waals surface area contributed by atoms with Crippen LogP contribution >= 0.6 is 0 Å². The molecule has 0 saturated heterocycles. The highest BCUT2D eigenvalue weighted by atomic mass is 16.7. The lowest BCUT2D eigenvalue weighted by molar-refractivity contribution is 0.0770. The maximum Gasteiger partial charge on any atom is 0.514 e. The summed E-state index contributed by atoms with van der Waals surface area (Å²) in [7, 11) is 0. The normalized spacial score (nSPS) is 13.9. The maximum atomic E-state index is 11.2. The molecule has 0 fully saturated rings. The van der Waals surface area contributed by atoms with Gasteiger partial charge in [-0.15, -0.1) is 0 Å². The molecule has 0 unspecified atom stereocenters. The third kappa shape index (κ3) is 1.35. The quantitative estimate of drug-likeness (QED) is 0.387. The van der Waals surface area contributed by atoms with E-state index in [1.807, 2.05) is 0 Å². The van der Waals surface area contributed by atoms with Gasteiger partial charge in [0.05, 0.1) is 0 Å². The highest BCUT2D eigenvalue weighted by Crippen LogP contribution is 2.27. The van der Waals surface area contributed by atoms with Gasteiger partial charge < -0.3 is 9.47 Å². The van der Waals surface area contributed by atoms with Crippen LogP contribution in [0.15, 0.2) is 18.2 Å². The summed E-state index contributed by atoms with van der Waals surface area (Å²) in [6, 6.07) is 5.00. The number of rotatable bonds is 1. The number of carbonyl (C=O) groups excluding carboxylic acids is 2. The molecule has 0 bridgehead atoms. The number of fused-ring (bicyclic) bond motifs is 1. The lowest BCUT2D eigenvalue weighted by atomic mass is 10.0. The van der Waals surface area contributed by atoms with E-state index in [0.717, 1.165) is 0 Å². The van der Waals surface area contributed by atoms with Gasteiger partial charge in [-0.05, 0) is 13.0 Å². The molecule has 1 aromatic carbocycles. The predicted octanol–water partition coefficient (Wildman–Crippen LogP) is 1.92. The smallest absolute Gasteiger partial charge is 0.429 e. The maximum absolute atomic E-state index is 11.2. The van der Waals surface area contributed by atoms with Gasteiger partial charge in [-0.2, -0.15) is 0 Å². The number of ketones is 1. The molecule has 0 atom stereocenters. The minimum absolute atomic E-state index is 0.0663. The van der Waals surface area contributed by atoms with E-state index < -0.39 is 6.16 Å². The second kappa shape index (κ2) is 3.14. The van der Waals surface area contributed by atoms with Gasteiger partial charge in [0, 0.05) is 11.1 Å². The van der Waals surface area contributed by atoms with Crippen LogP contribution in [-0.4, -0.2) is 11.9 Å². The molecule has 72 valence electrons. The monoisotopic (exact) mass is 192 g/mol. The molecule has 1 aliphatic rings. The molecule has 0 saturated carbocycles. The van der Waals surface area contributed by atoms with Crippen LogP contribution in [0.2, 0.25) is 0 Å². The predicted molar refractivity (Wildman–Crippen MR) is 47.3 cm³/mol. The summed E-state index contributed by atoms with van der Waals surface area (Å²) >= 11 is 0. The molecule has 14 heavy (non-hydrogen) atoms. The molecule has 0 aromatic heterocycles. The fourth-order valence-corrected chi connectivity index (χ4v) is 1.39. The first-order valence-electron chi connectivity index (χ1n) is 4.16. The van der Waals surface area contributed by atoms with Crippen LogP contribution in [0.1, 0.15) is 22.8 Å². The Morgan fingerprint density at radius 2 is 2.21 bits per heavy atom. The van der Waals surface area contributed by atoms with Gasteiger partial charge in [-0.3, -0.25) is 4.79 Å². The standard InChI is InChI=1S/C10H8O4/c1-6(11)7-3-2-4-9-8(7)5-13-10(12)14-9/h2-4H,5H2,1H3. The zero-order valence-corrected chi connectivity index (χ0v) is 7.57. The second-order valence-electron chi connectivity index (χ2n) is 2.98. The van der Waals surface area contributed by atoms with Crippen LogP contribution in [0.3, 0.4) is 0 Å². The highest BCUT2D eigenvalue weighted by molar-refractivity contribution is 5.96. The van der Waals surface area contributed by atoms with Crippen molar-refractivity contribution >= 4 is 11.9 Å². The SMILES string of the molecule is CC(=O)c1cccc2c1COC(=O)O2. The van der Waals surface area contributed by atoms with Crippen LogP contribution in [0.4, 0.5) is 4.79 Å². The lowest BCUT2D eigenvalue weighted by Gasteiger charge is -2.17. The van der Waals surface area contributed by atoms with Crippen LogP contribution in [0.5, 0.6) is 5.75 Å². The molecule has 4 nitrogen and oxygen atoms in total. The van der Waals surface area contributed by atoms with Gasteiger partial charge >= 0.3 is 6.16 Å². The highest BCUT2D eigenvalue weighted by Gasteiger charge is 2.21. The number of cyclic esters (lactones) is 1. The van der Waals surface area contributed by atoms with E-state index in [2.05, 4.69) is 4.74 Å². The van der Waals surface area contributed by atoms with Crippen molar-refractivity contribution in [3.63, 3.8) is 0 Å². The topological polar surface area (TPSA) is 52.6 Å². The van der Waals surface area contributed by atoms with E-state index in [9.17, 15) is 9.59 Å². The van der Waals surface area contributed by atoms with Crippen molar-refractivity contribution in [1.29, 1.82) is 0 Å².